The lowest BCUT2D eigenvalue weighted by atomic mass is 9.80. The average Bonchev–Trinajstić information content (AvgIpc) is 3.40. The van der Waals surface area contributed by atoms with Crippen molar-refractivity contribution >= 4 is 24.9 Å². The molecule has 0 spiro atoms. The Morgan fingerprint density at radius 1 is 1.29 bits per heavy atom. The van der Waals surface area contributed by atoms with E-state index >= 15 is 0 Å². The van der Waals surface area contributed by atoms with Crippen molar-refractivity contribution < 1.29 is 39.4 Å². The van der Waals surface area contributed by atoms with Gasteiger partial charge in [-0.05, 0) is 30.4 Å². The second-order valence-corrected chi connectivity index (χ2v) is 9.88. The standard InChI is InChI=1S/C22H33BN4O8/c1-11-16(18(11)23(33)34)13-5-6-14(17(19(13)29)20(30)31)35-12-8-27(9-12)10-22(2,24)21(32)25-7-15(28)26(3)4/h5-6,11-12,16,18,29,33-34H,7-10,24H2,1-4H3,(H,25,32)(H,30,31)/t11?,16?,18?,22-/m0/s1. The summed E-state index contributed by atoms with van der Waals surface area (Å²) in [4.78, 5) is 39.1. The van der Waals surface area contributed by atoms with Gasteiger partial charge in [-0.15, -0.1) is 0 Å². The average molecular weight is 492 g/mol. The highest BCUT2D eigenvalue weighted by atomic mass is 16.5. The van der Waals surface area contributed by atoms with Crippen molar-refractivity contribution in [3.05, 3.63) is 23.3 Å². The Labute approximate surface area is 203 Å². The van der Waals surface area contributed by atoms with Crippen molar-refractivity contribution in [2.45, 2.75) is 37.2 Å². The summed E-state index contributed by atoms with van der Waals surface area (Å²) in [5, 5.41) is 41.8. The third-order valence-corrected chi connectivity index (χ3v) is 6.72. The summed E-state index contributed by atoms with van der Waals surface area (Å²) < 4.78 is 5.82. The number of aromatic carboxylic acids is 1. The molecule has 0 aromatic heterocycles. The van der Waals surface area contributed by atoms with Gasteiger partial charge in [-0.25, -0.2) is 4.79 Å². The van der Waals surface area contributed by atoms with E-state index in [1.807, 2.05) is 4.90 Å². The molecule has 3 rings (SSSR count). The largest absolute Gasteiger partial charge is 0.507 e. The van der Waals surface area contributed by atoms with E-state index in [-0.39, 0.29) is 48.2 Å². The number of nitrogens with two attached hydrogens (primary N) is 1. The van der Waals surface area contributed by atoms with Crippen LogP contribution in [0.2, 0.25) is 5.82 Å². The highest BCUT2D eigenvalue weighted by molar-refractivity contribution is 6.45. The lowest BCUT2D eigenvalue weighted by Gasteiger charge is -2.42. The number of nitrogens with one attached hydrogen (secondary N) is 1. The van der Waals surface area contributed by atoms with Crippen LogP contribution in [0, 0.1) is 5.92 Å². The summed E-state index contributed by atoms with van der Waals surface area (Å²) in [6, 6.07) is 3.02. The fourth-order valence-electron chi connectivity index (χ4n) is 4.56. The van der Waals surface area contributed by atoms with Gasteiger partial charge in [0.05, 0.1) is 6.54 Å². The quantitative estimate of drug-likeness (QED) is 0.213. The summed E-state index contributed by atoms with van der Waals surface area (Å²) in [5.41, 5.74) is 4.86. The molecule has 1 aromatic carbocycles. The Morgan fingerprint density at radius 2 is 1.91 bits per heavy atom. The van der Waals surface area contributed by atoms with Gasteiger partial charge in [0.1, 0.15) is 28.7 Å². The van der Waals surface area contributed by atoms with E-state index in [0.717, 1.165) is 0 Å². The van der Waals surface area contributed by atoms with Crippen LogP contribution in [0.4, 0.5) is 0 Å². The maximum absolute atomic E-state index is 12.4. The zero-order valence-corrected chi connectivity index (χ0v) is 20.3. The van der Waals surface area contributed by atoms with Crippen molar-refractivity contribution in [2.75, 3.05) is 40.3 Å². The number of carbonyl (C=O) groups is 3. The second-order valence-electron chi connectivity index (χ2n) is 9.88. The van der Waals surface area contributed by atoms with Gasteiger partial charge in [-0.3, -0.25) is 14.5 Å². The number of carboxylic acids is 1. The monoisotopic (exact) mass is 492 g/mol. The minimum Gasteiger partial charge on any atom is -0.507 e. The van der Waals surface area contributed by atoms with Gasteiger partial charge in [0.15, 0.2) is 0 Å². The molecule has 2 amide bonds. The first-order chi connectivity index (χ1) is 16.2. The molecule has 3 unspecified atom stereocenters. The number of likely N-dealkylation sites (tertiary alicyclic amines) is 1. The van der Waals surface area contributed by atoms with E-state index in [1.165, 1.54) is 11.0 Å². The zero-order valence-electron chi connectivity index (χ0n) is 20.3. The Balaban J connectivity index is 1.59. The molecule has 35 heavy (non-hydrogen) atoms. The molecule has 7 N–H and O–H groups in total. The smallest absolute Gasteiger partial charge is 0.455 e. The van der Waals surface area contributed by atoms with E-state index in [9.17, 15) is 34.6 Å². The summed E-state index contributed by atoms with van der Waals surface area (Å²) >= 11 is 0. The first-order valence-electron chi connectivity index (χ1n) is 11.4. The molecule has 1 aromatic rings. The molecule has 12 nitrogen and oxygen atoms in total. The number of amides is 2. The number of likely N-dealkylation sites (N-methyl/N-ethyl adjacent to an activating group) is 1. The predicted molar refractivity (Wildman–Crippen MR) is 126 cm³/mol. The molecule has 1 heterocycles. The zero-order chi connectivity index (χ0) is 26.2. The lowest BCUT2D eigenvalue weighted by Crippen LogP contribution is -2.64. The van der Waals surface area contributed by atoms with Crippen molar-refractivity contribution in [3.8, 4) is 11.5 Å². The van der Waals surface area contributed by atoms with E-state index in [1.54, 1.807) is 34.0 Å². The van der Waals surface area contributed by atoms with Crippen molar-refractivity contribution in [3.63, 3.8) is 0 Å². The van der Waals surface area contributed by atoms with Gasteiger partial charge < -0.3 is 40.9 Å². The third-order valence-electron chi connectivity index (χ3n) is 6.72. The number of benzene rings is 1. The van der Waals surface area contributed by atoms with Crippen LogP contribution in [0.1, 0.15) is 35.7 Å². The molecule has 2 aliphatic rings. The highest BCUT2D eigenvalue weighted by Gasteiger charge is 2.55. The number of hydrogen-bond acceptors (Lipinski definition) is 9. The molecule has 4 atom stereocenters. The van der Waals surface area contributed by atoms with E-state index in [0.29, 0.717) is 18.7 Å². The van der Waals surface area contributed by atoms with Gasteiger partial charge in [-0.1, -0.05) is 13.0 Å². The first kappa shape index (κ1) is 26.7. The fraction of sp³-hybridized carbons (Fsp3) is 0.591. The number of phenols is 1. The molecule has 1 saturated heterocycles. The van der Waals surface area contributed by atoms with Gasteiger partial charge in [0.2, 0.25) is 11.8 Å². The molecule has 1 saturated carbocycles. The maximum atomic E-state index is 12.4. The summed E-state index contributed by atoms with van der Waals surface area (Å²) in [6.07, 6.45) is -0.376. The SMILES string of the molecule is CC1C(B(O)O)C1c1ccc(OC2CN(C[C@](C)(N)C(=O)NCC(=O)N(C)C)C2)c(C(=O)O)c1O. The topological polar surface area (TPSA) is 186 Å². The van der Waals surface area contributed by atoms with E-state index in [4.69, 9.17) is 10.5 Å². The highest BCUT2D eigenvalue weighted by Crippen LogP contribution is 2.61. The van der Waals surface area contributed by atoms with Crippen LogP contribution >= 0.6 is 0 Å². The number of hydrogen-bond donors (Lipinski definition) is 6. The van der Waals surface area contributed by atoms with Gasteiger partial charge >= 0.3 is 13.1 Å². The Kier molecular flexibility index (Phi) is 7.65. The number of nitrogens with zero attached hydrogens (tertiary/aromatic N) is 2. The van der Waals surface area contributed by atoms with Crippen molar-refractivity contribution in [1.82, 2.24) is 15.1 Å². The van der Waals surface area contributed by atoms with Crippen LogP contribution in [0.25, 0.3) is 0 Å². The normalized spacial score (nSPS) is 23.6. The molecule has 192 valence electrons. The van der Waals surface area contributed by atoms with Crippen LogP contribution in [0.5, 0.6) is 11.5 Å². The van der Waals surface area contributed by atoms with Gasteiger partial charge in [-0.2, -0.15) is 0 Å². The molecular formula is C22H33BN4O8. The molecule has 1 aliphatic carbocycles. The number of carboxylic acid groups (broad SMARTS) is 1. The Bertz CT molecular complexity index is 996. The van der Waals surface area contributed by atoms with Crippen LogP contribution in [-0.4, -0.2) is 107 Å². The maximum Gasteiger partial charge on any atom is 0.455 e. The molecule has 2 fully saturated rings. The molecule has 1 aliphatic heterocycles. The summed E-state index contributed by atoms with van der Waals surface area (Å²) in [5.74, 6) is -3.46. The molecular weight excluding hydrogens is 459 g/mol. The van der Waals surface area contributed by atoms with Crippen LogP contribution < -0.4 is 15.8 Å². The number of rotatable bonds is 10. The van der Waals surface area contributed by atoms with Crippen molar-refractivity contribution in [2.24, 2.45) is 11.7 Å². The minimum atomic E-state index is -1.55. The molecule has 0 radical (unpaired) electrons. The minimum absolute atomic E-state index is 0.00764. The van der Waals surface area contributed by atoms with Crippen LogP contribution in [0.3, 0.4) is 0 Å². The van der Waals surface area contributed by atoms with E-state index < -0.39 is 36.1 Å². The number of carbonyl (C=O) groups excluding carboxylic acids is 2. The van der Waals surface area contributed by atoms with Crippen molar-refractivity contribution in [1.29, 1.82) is 0 Å². The Morgan fingerprint density at radius 3 is 2.43 bits per heavy atom. The molecule has 0 bridgehead atoms. The Hall–Kier alpha value is -2.87. The summed E-state index contributed by atoms with van der Waals surface area (Å²) in [6.45, 7) is 4.18. The predicted octanol–water partition coefficient (Wildman–Crippen LogP) is -1.35. The van der Waals surface area contributed by atoms with Gasteiger partial charge in [0.25, 0.3) is 0 Å². The number of ether oxygens (including phenoxy) is 1. The molecule has 13 heteroatoms. The van der Waals surface area contributed by atoms with E-state index in [2.05, 4.69) is 5.32 Å². The lowest BCUT2D eigenvalue weighted by molar-refractivity contribution is -0.133. The van der Waals surface area contributed by atoms with Crippen LogP contribution in [0.15, 0.2) is 12.1 Å². The van der Waals surface area contributed by atoms with Crippen LogP contribution in [-0.2, 0) is 9.59 Å². The second kappa shape index (κ2) is 10.0. The third kappa shape index (κ3) is 5.69. The fourth-order valence-corrected chi connectivity index (χ4v) is 4.56. The number of aromatic hydroxyl groups is 1. The summed E-state index contributed by atoms with van der Waals surface area (Å²) in [7, 11) is 1.62. The first-order valence-corrected chi connectivity index (χ1v) is 11.4. The van der Waals surface area contributed by atoms with Gasteiger partial charge in [0, 0.05) is 39.5 Å².